The van der Waals surface area contributed by atoms with Gasteiger partial charge in [-0.2, -0.15) is 0 Å². The lowest BCUT2D eigenvalue weighted by molar-refractivity contribution is 0.0491. The Kier molecular flexibility index (Phi) is 10.1. The van der Waals surface area contributed by atoms with E-state index in [1.54, 1.807) is 7.05 Å². The molecule has 1 fully saturated rings. The van der Waals surface area contributed by atoms with Crippen molar-refractivity contribution in [3.8, 4) is 0 Å². The molecule has 1 unspecified atom stereocenters. The van der Waals surface area contributed by atoms with E-state index in [0.717, 1.165) is 31.9 Å². The molecule has 0 aliphatic carbocycles. The van der Waals surface area contributed by atoms with E-state index in [2.05, 4.69) is 53.5 Å². The van der Waals surface area contributed by atoms with Crippen molar-refractivity contribution in [2.45, 2.75) is 79.0 Å². The highest BCUT2D eigenvalue weighted by Gasteiger charge is 2.23. The van der Waals surface area contributed by atoms with Gasteiger partial charge in [0.2, 0.25) is 0 Å². The second kappa shape index (κ2) is 11.5. The molecule has 0 bridgehead atoms. The number of alkyl carbamates (subject to hydrolysis) is 1. The van der Waals surface area contributed by atoms with Crippen LogP contribution in [0.25, 0.3) is 0 Å². The highest BCUT2D eigenvalue weighted by molar-refractivity contribution is 5.80. The highest BCUT2D eigenvalue weighted by atomic mass is 16.6. The first-order chi connectivity index (χ1) is 13.0. The van der Waals surface area contributed by atoms with E-state index in [1.165, 1.54) is 6.54 Å². The minimum atomic E-state index is -0.499. The van der Waals surface area contributed by atoms with Crippen molar-refractivity contribution in [3.63, 3.8) is 0 Å². The first-order valence-electron chi connectivity index (χ1n) is 10.7. The number of hydrogen-bond acceptors (Lipinski definition) is 4. The summed E-state index contributed by atoms with van der Waals surface area (Å²) in [6.07, 6.45) is 1.86. The van der Waals surface area contributed by atoms with E-state index in [-0.39, 0.29) is 18.1 Å². The Hall–Kier alpha value is -1.50. The van der Waals surface area contributed by atoms with Crippen LogP contribution in [0.5, 0.6) is 0 Å². The number of likely N-dealkylation sites (tertiary alicyclic amines) is 1. The van der Waals surface area contributed by atoms with Crippen LogP contribution in [0.4, 0.5) is 4.79 Å². The second-order valence-corrected chi connectivity index (χ2v) is 9.56. The van der Waals surface area contributed by atoms with Crippen molar-refractivity contribution in [2.24, 2.45) is 16.8 Å². The van der Waals surface area contributed by atoms with Gasteiger partial charge in [0.1, 0.15) is 5.60 Å². The van der Waals surface area contributed by atoms with E-state index in [1.807, 2.05) is 20.8 Å². The Morgan fingerprint density at radius 3 is 2.25 bits per heavy atom. The minimum absolute atomic E-state index is 0.0405. The number of hydrogen-bond donors (Lipinski definition) is 3. The largest absolute Gasteiger partial charge is 0.444 e. The van der Waals surface area contributed by atoms with Crippen LogP contribution < -0.4 is 16.0 Å². The number of nitrogens with one attached hydrogen (secondary N) is 3. The van der Waals surface area contributed by atoms with Crippen LogP contribution in [0.2, 0.25) is 0 Å². The Morgan fingerprint density at radius 1 is 1.18 bits per heavy atom. The van der Waals surface area contributed by atoms with Crippen molar-refractivity contribution in [3.05, 3.63) is 0 Å². The molecule has 1 aliphatic rings. The zero-order valence-corrected chi connectivity index (χ0v) is 19.3. The van der Waals surface area contributed by atoms with Crippen LogP contribution >= 0.6 is 0 Å². The quantitative estimate of drug-likeness (QED) is 0.455. The number of carbonyl (C=O) groups is 1. The summed E-state index contributed by atoms with van der Waals surface area (Å²) in [6, 6.07) is 0.396. The first kappa shape index (κ1) is 24.5. The molecule has 1 rings (SSSR count). The maximum atomic E-state index is 12.1. The van der Waals surface area contributed by atoms with Gasteiger partial charge in [0, 0.05) is 39.3 Å². The normalized spacial score (nSPS) is 18.3. The number of aliphatic imine (C=N–C) groups is 1. The molecule has 0 spiro atoms. The lowest BCUT2D eigenvalue weighted by atomic mass is 10.0. The van der Waals surface area contributed by atoms with Gasteiger partial charge in [-0.3, -0.25) is 4.99 Å². The number of ether oxygens (including phenoxy) is 1. The van der Waals surface area contributed by atoms with Crippen molar-refractivity contribution < 1.29 is 9.53 Å². The third-order valence-corrected chi connectivity index (χ3v) is 4.77. The summed E-state index contributed by atoms with van der Waals surface area (Å²) in [5.74, 6) is 1.78. The molecule has 0 aromatic carbocycles. The summed E-state index contributed by atoms with van der Waals surface area (Å²) in [5.41, 5.74) is -0.499. The molecule has 3 N–H and O–H groups in total. The van der Waals surface area contributed by atoms with Gasteiger partial charge in [0.25, 0.3) is 0 Å². The molecule has 1 heterocycles. The second-order valence-electron chi connectivity index (χ2n) is 9.56. The molecule has 0 aromatic rings. The molecule has 1 aliphatic heterocycles. The predicted molar refractivity (Wildman–Crippen MR) is 117 cm³/mol. The van der Waals surface area contributed by atoms with Crippen LogP contribution in [0.15, 0.2) is 4.99 Å². The molecule has 1 amide bonds. The standard InChI is InChI=1S/C21H43N5O2/c1-15(2)14-26-11-9-17(10-12-26)24-19(22-8)23-13-18(16(3)4)25-20(27)28-21(5,6)7/h15-18H,9-14H2,1-8H3,(H,25,27)(H2,22,23,24). The van der Waals surface area contributed by atoms with Crippen LogP contribution in [0, 0.1) is 11.8 Å². The zero-order valence-electron chi connectivity index (χ0n) is 19.3. The van der Waals surface area contributed by atoms with Crippen molar-refractivity contribution >= 4 is 12.1 Å². The summed E-state index contributed by atoms with van der Waals surface area (Å²) >= 11 is 0. The number of piperidine rings is 1. The maximum Gasteiger partial charge on any atom is 0.407 e. The van der Waals surface area contributed by atoms with Gasteiger partial charge in [-0.15, -0.1) is 0 Å². The molecule has 7 heteroatoms. The van der Waals surface area contributed by atoms with Gasteiger partial charge in [-0.05, 0) is 45.4 Å². The van der Waals surface area contributed by atoms with E-state index in [9.17, 15) is 4.79 Å². The maximum absolute atomic E-state index is 12.1. The summed E-state index contributed by atoms with van der Waals surface area (Å²) in [5, 5.41) is 9.87. The summed E-state index contributed by atoms with van der Waals surface area (Å²) in [6.45, 7) is 18.3. The Bertz CT molecular complexity index is 492. The van der Waals surface area contributed by atoms with Gasteiger partial charge >= 0.3 is 6.09 Å². The van der Waals surface area contributed by atoms with Crippen molar-refractivity contribution in [1.29, 1.82) is 0 Å². The summed E-state index contributed by atoms with van der Waals surface area (Å²) in [4.78, 5) is 19.0. The number of rotatable bonds is 7. The van der Waals surface area contributed by atoms with Gasteiger partial charge < -0.3 is 25.6 Å². The number of amides is 1. The zero-order chi connectivity index (χ0) is 21.3. The SMILES string of the molecule is CN=C(NCC(NC(=O)OC(C)(C)C)C(C)C)NC1CCN(CC(C)C)CC1. The van der Waals surface area contributed by atoms with Crippen molar-refractivity contribution in [1.82, 2.24) is 20.9 Å². The monoisotopic (exact) mass is 397 g/mol. The van der Waals surface area contributed by atoms with E-state index >= 15 is 0 Å². The Labute approximate surface area is 172 Å². The van der Waals surface area contributed by atoms with Crippen LogP contribution in [0.1, 0.15) is 61.3 Å². The number of nitrogens with zero attached hydrogens (tertiary/aromatic N) is 2. The molecule has 0 aromatic heterocycles. The molecular weight excluding hydrogens is 354 g/mol. The number of carbonyl (C=O) groups excluding carboxylic acids is 1. The van der Waals surface area contributed by atoms with Gasteiger partial charge in [0.05, 0.1) is 6.04 Å². The highest BCUT2D eigenvalue weighted by Crippen LogP contribution is 2.12. The minimum Gasteiger partial charge on any atom is -0.444 e. The van der Waals surface area contributed by atoms with E-state index in [0.29, 0.717) is 18.5 Å². The van der Waals surface area contributed by atoms with E-state index in [4.69, 9.17) is 4.74 Å². The molecular formula is C21H43N5O2. The molecule has 28 heavy (non-hydrogen) atoms. The topological polar surface area (TPSA) is 78.0 Å². The summed E-state index contributed by atoms with van der Waals surface area (Å²) in [7, 11) is 1.79. The smallest absolute Gasteiger partial charge is 0.407 e. The van der Waals surface area contributed by atoms with Gasteiger partial charge in [-0.25, -0.2) is 4.79 Å². The third kappa shape index (κ3) is 10.2. The van der Waals surface area contributed by atoms with Crippen LogP contribution in [0.3, 0.4) is 0 Å². The molecule has 1 saturated heterocycles. The average molecular weight is 398 g/mol. The van der Waals surface area contributed by atoms with Gasteiger partial charge in [-0.1, -0.05) is 27.7 Å². The third-order valence-electron chi connectivity index (χ3n) is 4.77. The molecule has 164 valence electrons. The molecule has 7 nitrogen and oxygen atoms in total. The fourth-order valence-corrected chi connectivity index (χ4v) is 3.28. The molecule has 0 saturated carbocycles. The molecule has 1 atom stereocenters. The Morgan fingerprint density at radius 2 is 1.79 bits per heavy atom. The Balaban J connectivity index is 2.45. The lowest BCUT2D eigenvalue weighted by Gasteiger charge is -2.34. The van der Waals surface area contributed by atoms with Crippen molar-refractivity contribution in [2.75, 3.05) is 33.2 Å². The fourth-order valence-electron chi connectivity index (χ4n) is 3.28. The van der Waals surface area contributed by atoms with Crippen LogP contribution in [-0.4, -0.2) is 67.9 Å². The predicted octanol–water partition coefficient (Wildman–Crippen LogP) is 2.82. The van der Waals surface area contributed by atoms with Gasteiger partial charge in [0.15, 0.2) is 5.96 Å². The average Bonchev–Trinajstić information content (AvgIpc) is 2.56. The fraction of sp³-hybridized carbons (Fsp3) is 0.905. The number of guanidine groups is 1. The van der Waals surface area contributed by atoms with Crippen LogP contribution in [-0.2, 0) is 4.74 Å². The molecule has 0 radical (unpaired) electrons. The first-order valence-corrected chi connectivity index (χ1v) is 10.7. The summed E-state index contributed by atoms with van der Waals surface area (Å²) < 4.78 is 5.38. The lowest BCUT2D eigenvalue weighted by Crippen LogP contribution is -2.53. The van der Waals surface area contributed by atoms with E-state index < -0.39 is 5.60 Å².